The van der Waals surface area contributed by atoms with Crippen molar-refractivity contribution in [3.8, 4) is 0 Å². The number of hydrogen-bond donors (Lipinski definition) is 1. The van der Waals surface area contributed by atoms with Crippen molar-refractivity contribution in [2.75, 3.05) is 5.01 Å². The second-order valence-electron chi connectivity index (χ2n) is 6.71. The van der Waals surface area contributed by atoms with Crippen molar-refractivity contribution >= 4 is 41.0 Å². The number of halogens is 1. The standard InChI is InChI=1S/C22H21ClN2O3/c1-3-20-19(21(26)25(24-20)18-10-4-14(2)5-11-18)13-16(22(27)28)12-15-6-8-17(23)9-7-15/h4-12,19H,3,13H2,1-2H3,(H,27,28)/b16-12-. The molecule has 1 aliphatic rings. The van der Waals surface area contributed by atoms with Crippen molar-refractivity contribution in [1.82, 2.24) is 0 Å². The van der Waals surface area contributed by atoms with E-state index in [1.165, 1.54) is 5.01 Å². The number of nitrogens with zero attached hydrogens (tertiary/aromatic N) is 2. The van der Waals surface area contributed by atoms with E-state index in [1.807, 2.05) is 38.1 Å². The lowest BCUT2D eigenvalue weighted by Crippen LogP contribution is -2.28. The monoisotopic (exact) mass is 396 g/mol. The van der Waals surface area contributed by atoms with Crippen LogP contribution in [0.3, 0.4) is 0 Å². The fourth-order valence-corrected chi connectivity index (χ4v) is 3.24. The number of amides is 1. The van der Waals surface area contributed by atoms with Crippen molar-refractivity contribution in [3.05, 3.63) is 70.3 Å². The zero-order chi connectivity index (χ0) is 20.3. The molecule has 0 spiro atoms. The highest BCUT2D eigenvalue weighted by Crippen LogP contribution is 2.30. The van der Waals surface area contributed by atoms with Gasteiger partial charge >= 0.3 is 5.97 Å². The van der Waals surface area contributed by atoms with E-state index in [-0.39, 0.29) is 17.9 Å². The van der Waals surface area contributed by atoms with Crippen LogP contribution in [0.2, 0.25) is 5.02 Å². The fraction of sp³-hybridized carbons (Fsp3) is 0.227. The van der Waals surface area contributed by atoms with Crippen LogP contribution in [0.25, 0.3) is 6.08 Å². The van der Waals surface area contributed by atoms with Gasteiger partial charge in [-0.05, 0) is 55.7 Å². The molecule has 6 heteroatoms. The van der Waals surface area contributed by atoms with Crippen LogP contribution in [0.15, 0.2) is 59.2 Å². The van der Waals surface area contributed by atoms with Crippen molar-refractivity contribution < 1.29 is 14.7 Å². The van der Waals surface area contributed by atoms with Gasteiger partial charge in [-0.25, -0.2) is 9.80 Å². The number of aryl methyl sites for hydroxylation is 1. The van der Waals surface area contributed by atoms with E-state index in [1.54, 1.807) is 30.3 Å². The first-order valence-corrected chi connectivity index (χ1v) is 9.44. The predicted molar refractivity (Wildman–Crippen MR) is 112 cm³/mol. The molecule has 28 heavy (non-hydrogen) atoms. The Morgan fingerprint density at radius 3 is 2.39 bits per heavy atom. The van der Waals surface area contributed by atoms with E-state index in [4.69, 9.17) is 11.6 Å². The van der Waals surface area contributed by atoms with Crippen molar-refractivity contribution in [3.63, 3.8) is 0 Å². The Balaban J connectivity index is 1.87. The van der Waals surface area contributed by atoms with Crippen LogP contribution in [-0.4, -0.2) is 22.7 Å². The minimum absolute atomic E-state index is 0.0891. The molecule has 1 heterocycles. The highest BCUT2D eigenvalue weighted by atomic mass is 35.5. The smallest absolute Gasteiger partial charge is 0.331 e. The third-order valence-corrected chi connectivity index (χ3v) is 4.94. The second-order valence-corrected chi connectivity index (χ2v) is 7.15. The molecule has 1 unspecified atom stereocenters. The van der Waals surface area contributed by atoms with Gasteiger partial charge in [-0.3, -0.25) is 4.79 Å². The first kappa shape index (κ1) is 19.8. The molecule has 1 amide bonds. The SMILES string of the molecule is CCC1=NN(c2ccc(C)cc2)C(=O)C1C/C(=C/c1ccc(Cl)cc1)C(=O)O. The van der Waals surface area contributed by atoms with Crippen LogP contribution in [0.4, 0.5) is 5.69 Å². The zero-order valence-corrected chi connectivity index (χ0v) is 16.5. The molecule has 0 bridgehead atoms. The summed E-state index contributed by atoms with van der Waals surface area (Å²) in [7, 11) is 0. The van der Waals surface area contributed by atoms with Gasteiger partial charge in [0, 0.05) is 10.6 Å². The minimum Gasteiger partial charge on any atom is -0.478 e. The molecule has 0 aliphatic carbocycles. The number of anilines is 1. The third-order valence-electron chi connectivity index (χ3n) is 4.69. The largest absolute Gasteiger partial charge is 0.478 e. The molecule has 1 N–H and O–H groups in total. The summed E-state index contributed by atoms with van der Waals surface area (Å²) >= 11 is 5.89. The Bertz CT molecular complexity index is 947. The molecular weight excluding hydrogens is 376 g/mol. The minimum atomic E-state index is -1.05. The average Bonchev–Trinajstić information content (AvgIpc) is 2.99. The number of carboxylic acid groups (broad SMARTS) is 1. The van der Waals surface area contributed by atoms with E-state index in [0.29, 0.717) is 22.8 Å². The Morgan fingerprint density at radius 1 is 1.18 bits per heavy atom. The number of carbonyl (C=O) groups is 2. The number of aliphatic carboxylic acids is 1. The quantitative estimate of drug-likeness (QED) is 0.703. The molecule has 144 valence electrons. The lowest BCUT2D eigenvalue weighted by molar-refractivity contribution is -0.132. The number of rotatable bonds is 6. The summed E-state index contributed by atoms with van der Waals surface area (Å²) in [4.78, 5) is 24.8. The maximum Gasteiger partial charge on any atom is 0.331 e. The van der Waals surface area contributed by atoms with Crippen molar-refractivity contribution in [1.29, 1.82) is 0 Å². The third kappa shape index (κ3) is 4.31. The van der Waals surface area contributed by atoms with Crippen molar-refractivity contribution in [2.45, 2.75) is 26.7 Å². The van der Waals surface area contributed by atoms with E-state index in [0.717, 1.165) is 11.1 Å². The van der Waals surface area contributed by atoms with Crippen LogP contribution in [0, 0.1) is 12.8 Å². The molecule has 0 fully saturated rings. The number of carbonyl (C=O) groups excluding carboxylic acids is 1. The molecule has 1 atom stereocenters. The van der Waals surface area contributed by atoms with Gasteiger partial charge in [0.1, 0.15) is 0 Å². The molecule has 0 aromatic heterocycles. The van der Waals surface area contributed by atoms with E-state index < -0.39 is 11.9 Å². The van der Waals surface area contributed by atoms with Crippen LogP contribution in [0.5, 0.6) is 0 Å². The molecule has 2 aromatic carbocycles. The van der Waals surface area contributed by atoms with Gasteiger partial charge in [-0.15, -0.1) is 0 Å². The summed E-state index contributed by atoms with van der Waals surface area (Å²) < 4.78 is 0. The highest BCUT2D eigenvalue weighted by molar-refractivity contribution is 6.30. The van der Waals surface area contributed by atoms with Gasteiger partial charge in [-0.2, -0.15) is 5.10 Å². The lowest BCUT2D eigenvalue weighted by atomic mass is 9.92. The van der Waals surface area contributed by atoms with Crippen LogP contribution >= 0.6 is 11.6 Å². The average molecular weight is 397 g/mol. The molecule has 1 aliphatic heterocycles. The Kier molecular flexibility index (Phi) is 5.95. The van der Waals surface area contributed by atoms with Gasteiger partial charge in [-0.1, -0.05) is 48.4 Å². The van der Waals surface area contributed by atoms with Crippen LogP contribution in [0.1, 0.15) is 30.9 Å². The van der Waals surface area contributed by atoms with Gasteiger partial charge in [0.15, 0.2) is 0 Å². The molecule has 0 saturated heterocycles. The first-order valence-electron chi connectivity index (χ1n) is 9.06. The summed E-state index contributed by atoms with van der Waals surface area (Å²) in [6.45, 7) is 3.89. The lowest BCUT2D eigenvalue weighted by Gasteiger charge is -2.15. The zero-order valence-electron chi connectivity index (χ0n) is 15.7. The van der Waals surface area contributed by atoms with E-state index in [9.17, 15) is 14.7 Å². The summed E-state index contributed by atoms with van der Waals surface area (Å²) in [6, 6.07) is 14.4. The number of benzene rings is 2. The predicted octanol–water partition coefficient (Wildman–Crippen LogP) is 4.94. The van der Waals surface area contributed by atoms with E-state index in [2.05, 4.69) is 5.10 Å². The van der Waals surface area contributed by atoms with Gasteiger partial charge in [0.05, 0.1) is 17.3 Å². The van der Waals surface area contributed by atoms with Gasteiger partial charge in [0.2, 0.25) is 0 Å². The molecule has 2 aromatic rings. The van der Waals surface area contributed by atoms with Gasteiger partial charge < -0.3 is 5.11 Å². The summed E-state index contributed by atoms with van der Waals surface area (Å²) in [5, 5.41) is 16.1. The Morgan fingerprint density at radius 2 is 1.82 bits per heavy atom. The summed E-state index contributed by atoms with van der Waals surface area (Å²) in [5.41, 5.74) is 3.34. The van der Waals surface area contributed by atoms with Crippen LogP contribution in [-0.2, 0) is 9.59 Å². The van der Waals surface area contributed by atoms with Crippen LogP contribution < -0.4 is 5.01 Å². The van der Waals surface area contributed by atoms with Gasteiger partial charge in [0.25, 0.3) is 5.91 Å². The Labute approximate surface area is 168 Å². The highest BCUT2D eigenvalue weighted by Gasteiger charge is 2.37. The van der Waals surface area contributed by atoms with E-state index >= 15 is 0 Å². The molecule has 3 rings (SSSR count). The topological polar surface area (TPSA) is 70.0 Å². The fourth-order valence-electron chi connectivity index (χ4n) is 3.12. The molecule has 0 saturated carbocycles. The Hall–Kier alpha value is -2.92. The normalized spacial score (nSPS) is 17.0. The maximum atomic E-state index is 13.0. The van der Waals surface area contributed by atoms with Crippen molar-refractivity contribution in [2.24, 2.45) is 11.0 Å². The second kappa shape index (κ2) is 8.40. The molecule has 5 nitrogen and oxygen atoms in total. The summed E-state index contributed by atoms with van der Waals surface area (Å²) in [6.07, 6.45) is 2.24. The summed E-state index contributed by atoms with van der Waals surface area (Å²) in [5.74, 6) is -1.84. The maximum absolute atomic E-state index is 13.0. The number of hydrazone groups is 1. The molecule has 0 radical (unpaired) electrons. The number of hydrogen-bond acceptors (Lipinski definition) is 3. The molecular formula is C22H21ClN2O3. The first-order chi connectivity index (χ1) is 13.4. The number of carboxylic acids is 1.